The average molecular weight is 237 g/mol. The third-order valence-electron chi connectivity index (χ3n) is 3.49. The van der Waals surface area contributed by atoms with Crippen molar-refractivity contribution in [1.82, 2.24) is 9.55 Å². The summed E-state index contributed by atoms with van der Waals surface area (Å²) in [5, 5.41) is 0. The molecule has 1 aromatic heterocycles. The maximum absolute atomic E-state index is 13.5. The van der Waals surface area contributed by atoms with Gasteiger partial charge in [-0.25, -0.2) is 13.8 Å². The largest absolute Gasteiger partial charge is 0.369 e. The van der Waals surface area contributed by atoms with Crippen molar-refractivity contribution in [2.75, 3.05) is 5.73 Å². The summed E-state index contributed by atoms with van der Waals surface area (Å²) in [5.74, 6) is 0.198. The van der Waals surface area contributed by atoms with Gasteiger partial charge < -0.3 is 10.3 Å². The van der Waals surface area contributed by atoms with Crippen LogP contribution in [0.15, 0.2) is 12.1 Å². The molecule has 3 rings (SSSR count). The lowest BCUT2D eigenvalue weighted by atomic mass is 10.2. The third-order valence-corrected chi connectivity index (χ3v) is 3.49. The van der Waals surface area contributed by atoms with Gasteiger partial charge in [0.25, 0.3) is 0 Å². The van der Waals surface area contributed by atoms with Crippen LogP contribution in [0.3, 0.4) is 0 Å². The molecule has 5 heteroatoms. The molecule has 1 fully saturated rings. The third kappa shape index (κ3) is 1.66. The fraction of sp³-hybridized carbons (Fsp3) is 0.417. The van der Waals surface area contributed by atoms with Gasteiger partial charge in [0, 0.05) is 18.7 Å². The Bertz CT molecular complexity index is 591. The molecule has 0 bridgehead atoms. The first-order valence-corrected chi connectivity index (χ1v) is 5.67. The number of hydrogen-bond donors (Lipinski definition) is 1. The van der Waals surface area contributed by atoms with Crippen LogP contribution in [0.5, 0.6) is 0 Å². The van der Waals surface area contributed by atoms with Gasteiger partial charge in [0.2, 0.25) is 5.95 Å². The van der Waals surface area contributed by atoms with Crippen LogP contribution in [0, 0.1) is 23.5 Å². The maximum atomic E-state index is 13.5. The topological polar surface area (TPSA) is 43.8 Å². The molecule has 1 aliphatic carbocycles. The number of anilines is 1. The van der Waals surface area contributed by atoms with E-state index in [0.717, 1.165) is 12.5 Å². The van der Waals surface area contributed by atoms with Crippen molar-refractivity contribution in [3.63, 3.8) is 0 Å². The maximum Gasteiger partial charge on any atom is 0.201 e. The Morgan fingerprint density at radius 1 is 1.47 bits per heavy atom. The monoisotopic (exact) mass is 237 g/mol. The first-order chi connectivity index (χ1) is 8.06. The van der Waals surface area contributed by atoms with Crippen LogP contribution in [0.1, 0.15) is 13.3 Å². The van der Waals surface area contributed by atoms with Gasteiger partial charge in [0.1, 0.15) is 11.3 Å². The second-order valence-electron chi connectivity index (χ2n) is 4.81. The Hall–Kier alpha value is -1.65. The summed E-state index contributed by atoms with van der Waals surface area (Å²) in [6.07, 6.45) is 1.14. The molecule has 17 heavy (non-hydrogen) atoms. The zero-order valence-electron chi connectivity index (χ0n) is 9.45. The van der Waals surface area contributed by atoms with Gasteiger partial charge in [0.05, 0.1) is 5.52 Å². The number of nitrogens with two attached hydrogens (primary N) is 1. The number of aromatic nitrogens is 2. The van der Waals surface area contributed by atoms with Crippen molar-refractivity contribution in [2.45, 2.75) is 19.9 Å². The molecule has 1 heterocycles. The highest BCUT2D eigenvalue weighted by molar-refractivity contribution is 5.79. The lowest BCUT2D eigenvalue weighted by molar-refractivity contribution is 0.586. The molecule has 90 valence electrons. The van der Waals surface area contributed by atoms with Crippen LogP contribution in [0.2, 0.25) is 0 Å². The molecular formula is C12H13F2N3. The number of fused-ring (bicyclic) bond motifs is 1. The van der Waals surface area contributed by atoms with Gasteiger partial charge in [-0.1, -0.05) is 6.92 Å². The zero-order chi connectivity index (χ0) is 12.2. The molecule has 2 unspecified atom stereocenters. The summed E-state index contributed by atoms with van der Waals surface area (Å²) in [7, 11) is 0. The molecule has 2 N–H and O–H groups in total. The fourth-order valence-electron chi connectivity index (χ4n) is 2.25. The van der Waals surface area contributed by atoms with Crippen molar-refractivity contribution in [3.8, 4) is 0 Å². The van der Waals surface area contributed by atoms with Crippen molar-refractivity contribution in [2.24, 2.45) is 11.8 Å². The van der Waals surface area contributed by atoms with E-state index in [1.165, 1.54) is 6.07 Å². The molecule has 2 aromatic rings. The van der Waals surface area contributed by atoms with Crippen LogP contribution in [0.4, 0.5) is 14.7 Å². The number of imidazole rings is 1. The Morgan fingerprint density at radius 3 is 2.82 bits per heavy atom. The van der Waals surface area contributed by atoms with E-state index in [2.05, 4.69) is 11.9 Å². The molecule has 1 aromatic carbocycles. The summed E-state index contributed by atoms with van der Waals surface area (Å²) in [4.78, 5) is 3.96. The number of halogens is 2. The summed E-state index contributed by atoms with van der Waals surface area (Å²) >= 11 is 0. The number of benzene rings is 1. The first kappa shape index (κ1) is 10.5. The van der Waals surface area contributed by atoms with Crippen LogP contribution < -0.4 is 5.73 Å². The van der Waals surface area contributed by atoms with E-state index in [1.807, 2.05) is 0 Å². The standard InChI is InChI=1S/C12H13F2N3/c1-6-2-7(6)5-17-10-4-8(13)3-9(14)11(10)16-12(17)15/h3-4,6-7H,2,5H2,1H3,(H2,15,16). The summed E-state index contributed by atoms with van der Waals surface area (Å²) in [5.41, 5.74) is 6.35. The summed E-state index contributed by atoms with van der Waals surface area (Å²) in [6.45, 7) is 2.84. The van der Waals surface area contributed by atoms with E-state index < -0.39 is 11.6 Å². The van der Waals surface area contributed by atoms with Gasteiger partial charge in [0.15, 0.2) is 5.82 Å². The minimum absolute atomic E-state index is 0.150. The van der Waals surface area contributed by atoms with Gasteiger partial charge >= 0.3 is 0 Å². The quantitative estimate of drug-likeness (QED) is 0.872. The number of hydrogen-bond acceptors (Lipinski definition) is 2. The van der Waals surface area contributed by atoms with Crippen LogP contribution in [0.25, 0.3) is 11.0 Å². The summed E-state index contributed by atoms with van der Waals surface area (Å²) in [6, 6.07) is 2.12. The van der Waals surface area contributed by atoms with Gasteiger partial charge in [-0.05, 0) is 18.3 Å². The SMILES string of the molecule is CC1CC1Cn1c(N)nc2c(F)cc(F)cc21. The highest BCUT2D eigenvalue weighted by atomic mass is 19.1. The predicted molar refractivity (Wildman–Crippen MR) is 61.3 cm³/mol. The lowest BCUT2D eigenvalue weighted by Crippen LogP contribution is -2.05. The van der Waals surface area contributed by atoms with E-state index >= 15 is 0 Å². The van der Waals surface area contributed by atoms with E-state index in [-0.39, 0.29) is 11.5 Å². The van der Waals surface area contributed by atoms with Crippen LogP contribution in [-0.4, -0.2) is 9.55 Å². The van der Waals surface area contributed by atoms with E-state index in [0.29, 0.717) is 23.9 Å². The zero-order valence-corrected chi connectivity index (χ0v) is 9.45. The molecule has 0 amide bonds. The van der Waals surface area contributed by atoms with Crippen LogP contribution in [-0.2, 0) is 6.54 Å². The Balaban J connectivity index is 2.12. The van der Waals surface area contributed by atoms with E-state index in [4.69, 9.17) is 5.73 Å². The van der Waals surface area contributed by atoms with Crippen LogP contribution >= 0.6 is 0 Å². The lowest BCUT2D eigenvalue weighted by Gasteiger charge is -2.05. The minimum atomic E-state index is -0.658. The van der Waals surface area contributed by atoms with Crippen molar-refractivity contribution in [1.29, 1.82) is 0 Å². The number of nitrogen functional groups attached to an aromatic ring is 1. The van der Waals surface area contributed by atoms with Crippen molar-refractivity contribution in [3.05, 3.63) is 23.8 Å². The van der Waals surface area contributed by atoms with Crippen molar-refractivity contribution >= 4 is 17.0 Å². The average Bonchev–Trinajstić information content (AvgIpc) is 2.85. The molecule has 0 saturated heterocycles. The summed E-state index contributed by atoms with van der Waals surface area (Å²) < 4.78 is 28.4. The Labute approximate surface area is 97.2 Å². The second-order valence-corrected chi connectivity index (χ2v) is 4.81. The van der Waals surface area contributed by atoms with Crippen molar-refractivity contribution < 1.29 is 8.78 Å². The van der Waals surface area contributed by atoms with Gasteiger partial charge in [-0.3, -0.25) is 0 Å². The highest BCUT2D eigenvalue weighted by Gasteiger charge is 2.33. The molecular weight excluding hydrogens is 224 g/mol. The molecule has 2 atom stereocenters. The second kappa shape index (κ2) is 3.42. The molecule has 3 nitrogen and oxygen atoms in total. The van der Waals surface area contributed by atoms with Gasteiger partial charge in [-0.15, -0.1) is 0 Å². The molecule has 1 saturated carbocycles. The Morgan fingerprint density at radius 2 is 2.18 bits per heavy atom. The molecule has 1 aliphatic rings. The Kier molecular flexibility index (Phi) is 2.11. The number of nitrogens with zero attached hydrogens (tertiary/aromatic N) is 2. The molecule has 0 aliphatic heterocycles. The predicted octanol–water partition coefficient (Wildman–Crippen LogP) is 2.55. The number of rotatable bonds is 2. The first-order valence-electron chi connectivity index (χ1n) is 5.67. The fourth-order valence-corrected chi connectivity index (χ4v) is 2.25. The van der Waals surface area contributed by atoms with E-state index in [9.17, 15) is 8.78 Å². The minimum Gasteiger partial charge on any atom is -0.369 e. The normalized spacial score (nSPS) is 23.2. The molecule has 0 spiro atoms. The smallest absolute Gasteiger partial charge is 0.201 e. The molecule has 0 radical (unpaired) electrons. The highest BCUT2D eigenvalue weighted by Crippen LogP contribution is 2.40. The van der Waals surface area contributed by atoms with Gasteiger partial charge in [-0.2, -0.15) is 0 Å². The van der Waals surface area contributed by atoms with E-state index in [1.54, 1.807) is 4.57 Å².